The maximum atomic E-state index is 11.7. The molecule has 0 aromatic rings. The van der Waals surface area contributed by atoms with Gasteiger partial charge in [-0.3, -0.25) is 9.59 Å². The number of hydrogen-bond acceptors (Lipinski definition) is 4. The quantitative estimate of drug-likeness (QED) is 0.452. The Morgan fingerprint density at radius 2 is 1.63 bits per heavy atom. The van der Waals surface area contributed by atoms with Gasteiger partial charge in [-0.1, -0.05) is 46.0 Å². The highest BCUT2D eigenvalue weighted by Gasteiger charge is 2.28. The van der Waals surface area contributed by atoms with Crippen LogP contribution in [-0.4, -0.2) is 26.2 Å². The summed E-state index contributed by atoms with van der Waals surface area (Å²) < 4.78 is 9.41. The molecule has 4 nitrogen and oxygen atoms in total. The van der Waals surface area contributed by atoms with Crippen LogP contribution in [0, 0.1) is 11.8 Å². The molecule has 0 aliphatic rings. The Balaban J connectivity index is 4.18. The van der Waals surface area contributed by atoms with Crippen LogP contribution in [0.15, 0.2) is 0 Å². The van der Waals surface area contributed by atoms with Gasteiger partial charge in [0.2, 0.25) is 0 Å². The largest absolute Gasteiger partial charge is 0.469 e. The highest BCUT2D eigenvalue weighted by molar-refractivity contribution is 5.80. The van der Waals surface area contributed by atoms with E-state index in [4.69, 9.17) is 4.74 Å². The lowest BCUT2D eigenvalue weighted by Gasteiger charge is -2.20. The summed E-state index contributed by atoms with van der Waals surface area (Å²) in [6, 6.07) is 0. The maximum Gasteiger partial charge on any atom is 0.309 e. The van der Waals surface area contributed by atoms with E-state index in [1.54, 1.807) is 0 Å². The van der Waals surface area contributed by atoms with E-state index in [1.165, 1.54) is 39.9 Å². The average Bonchev–Trinajstić information content (AvgIpc) is 2.43. The summed E-state index contributed by atoms with van der Waals surface area (Å²) in [4.78, 5) is 23.0. The highest BCUT2D eigenvalue weighted by Crippen LogP contribution is 2.24. The molecular weight excluding hydrogens is 244 g/mol. The van der Waals surface area contributed by atoms with Gasteiger partial charge in [0, 0.05) is 0 Å². The number of hydrogen-bond donors (Lipinski definition) is 0. The van der Waals surface area contributed by atoms with Crippen LogP contribution in [-0.2, 0) is 19.1 Å². The molecule has 0 amide bonds. The highest BCUT2D eigenvalue weighted by atomic mass is 16.5. The third kappa shape index (κ3) is 7.85. The van der Waals surface area contributed by atoms with Gasteiger partial charge in [-0.25, -0.2) is 0 Å². The average molecular weight is 272 g/mol. The van der Waals surface area contributed by atoms with E-state index >= 15 is 0 Å². The van der Waals surface area contributed by atoms with Crippen molar-refractivity contribution in [2.45, 2.75) is 58.8 Å². The SMILES string of the molecule is CCCCCCCC(C)C(CC(=O)OC)C(=O)OC. The van der Waals surface area contributed by atoms with Gasteiger partial charge in [0.1, 0.15) is 0 Å². The minimum Gasteiger partial charge on any atom is -0.469 e. The van der Waals surface area contributed by atoms with Gasteiger partial charge in [-0.2, -0.15) is 0 Å². The topological polar surface area (TPSA) is 52.6 Å². The smallest absolute Gasteiger partial charge is 0.309 e. The van der Waals surface area contributed by atoms with E-state index in [-0.39, 0.29) is 30.2 Å². The van der Waals surface area contributed by atoms with E-state index < -0.39 is 0 Å². The molecule has 0 bridgehead atoms. The first kappa shape index (κ1) is 17.9. The molecular formula is C15H28O4. The third-order valence-electron chi connectivity index (χ3n) is 3.57. The van der Waals surface area contributed by atoms with Gasteiger partial charge in [-0.15, -0.1) is 0 Å². The van der Waals surface area contributed by atoms with Crippen molar-refractivity contribution in [1.82, 2.24) is 0 Å². The molecule has 0 aromatic heterocycles. The van der Waals surface area contributed by atoms with Crippen LogP contribution in [0.4, 0.5) is 0 Å². The molecule has 0 aliphatic heterocycles. The lowest BCUT2D eigenvalue weighted by Crippen LogP contribution is -2.26. The van der Waals surface area contributed by atoms with E-state index in [9.17, 15) is 9.59 Å². The van der Waals surface area contributed by atoms with Crippen molar-refractivity contribution < 1.29 is 19.1 Å². The predicted octanol–water partition coefficient (Wildman–Crippen LogP) is 3.34. The molecule has 0 aromatic carbocycles. The first-order chi connectivity index (χ1) is 9.06. The zero-order valence-corrected chi connectivity index (χ0v) is 12.7. The molecule has 0 N–H and O–H groups in total. The monoisotopic (exact) mass is 272 g/mol. The zero-order chi connectivity index (χ0) is 14.7. The minimum atomic E-state index is -0.386. The number of esters is 2. The summed E-state index contributed by atoms with van der Waals surface area (Å²) in [5.74, 6) is -0.906. The Morgan fingerprint density at radius 3 is 2.16 bits per heavy atom. The molecule has 4 heteroatoms. The van der Waals surface area contributed by atoms with Crippen molar-refractivity contribution in [1.29, 1.82) is 0 Å². The Bertz CT molecular complexity index is 263. The van der Waals surface area contributed by atoms with E-state index in [2.05, 4.69) is 11.7 Å². The normalized spacial score (nSPS) is 13.7. The molecule has 0 aliphatic carbocycles. The van der Waals surface area contributed by atoms with Crippen LogP contribution in [0.25, 0.3) is 0 Å². The van der Waals surface area contributed by atoms with Crippen molar-refractivity contribution in [2.75, 3.05) is 14.2 Å². The number of methoxy groups -OCH3 is 2. The van der Waals surface area contributed by atoms with Gasteiger partial charge < -0.3 is 9.47 Å². The number of rotatable bonds is 10. The van der Waals surface area contributed by atoms with E-state index in [1.807, 2.05) is 6.92 Å². The molecule has 0 saturated carbocycles. The molecule has 0 fully saturated rings. The van der Waals surface area contributed by atoms with Crippen LogP contribution >= 0.6 is 0 Å². The van der Waals surface area contributed by atoms with Gasteiger partial charge in [0.05, 0.1) is 26.6 Å². The van der Waals surface area contributed by atoms with Crippen molar-refractivity contribution in [3.05, 3.63) is 0 Å². The molecule has 2 atom stereocenters. The zero-order valence-electron chi connectivity index (χ0n) is 12.7. The van der Waals surface area contributed by atoms with Gasteiger partial charge in [-0.05, 0) is 12.3 Å². The standard InChI is InChI=1S/C15H28O4/c1-5-6-7-8-9-10-12(2)13(15(17)19-4)11-14(16)18-3/h12-13H,5-11H2,1-4H3. The fourth-order valence-corrected chi connectivity index (χ4v) is 2.20. The molecule has 0 rings (SSSR count). The Hall–Kier alpha value is -1.06. The second-order valence-corrected chi connectivity index (χ2v) is 5.09. The summed E-state index contributed by atoms with van der Waals surface area (Å²) in [5.41, 5.74) is 0. The fourth-order valence-electron chi connectivity index (χ4n) is 2.20. The number of ether oxygens (including phenoxy) is 2. The summed E-state index contributed by atoms with van der Waals surface area (Å²) in [7, 11) is 2.70. The fraction of sp³-hybridized carbons (Fsp3) is 0.867. The van der Waals surface area contributed by atoms with Crippen molar-refractivity contribution in [3.8, 4) is 0 Å². The lowest BCUT2D eigenvalue weighted by atomic mass is 9.87. The van der Waals surface area contributed by atoms with Gasteiger partial charge in [0.15, 0.2) is 0 Å². The van der Waals surface area contributed by atoms with Crippen LogP contribution in [0.5, 0.6) is 0 Å². The van der Waals surface area contributed by atoms with Crippen molar-refractivity contribution in [2.24, 2.45) is 11.8 Å². The Kier molecular flexibility index (Phi) is 10.2. The molecule has 112 valence electrons. The summed E-state index contributed by atoms with van der Waals surface area (Å²) in [6.45, 7) is 4.19. The molecule has 19 heavy (non-hydrogen) atoms. The Morgan fingerprint density at radius 1 is 1.00 bits per heavy atom. The van der Waals surface area contributed by atoms with Gasteiger partial charge >= 0.3 is 11.9 Å². The lowest BCUT2D eigenvalue weighted by molar-refractivity contribution is -0.154. The van der Waals surface area contributed by atoms with E-state index in [0.717, 1.165) is 12.8 Å². The first-order valence-corrected chi connectivity index (χ1v) is 7.21. The molecule has 0 heterocycles. The first-order valence-electron chi connectivity index (χ1n) is 7.21. The van der Waals surface area contributed by atoms with E-state index in [0.29, 0.717) is 0 Å². The maximum absolute atomic E-state index is 11.7. The minimum absolute atomic E-state index is 0.110. The van der Waals surface area contributed by atoms with Crippen molar-refractivity contribution in [3.63, 3.8) is 0 Å². The Labute approximate surface area is 116 Å². The molecule has 0 spiro atoms. The number of carbonyl (C=O) groups is 2. The number of unbranched alkanes of at least 4 members (excludes halogenated alkanes) is 4. The van der Waals surface area contributed by atoms with Crippen LogP contribution in [0.1, 0.15) is 58.8 Å². The van der Waals surface area contributed by atoms with Crippen LogP contribution < -0.4 is 0 Å². The second-order valence-electron chi connectivity index (χ2n) is 5.09. The van der Waals surface area contributed by atoms with Crippen LogP contribution in [0.3, 0.4) is 0 Å². The molecule has 2 unspecified atom stereocenters. The number of carbonyl (C=O) groups excluding carboxylic acids is 2. The predicted molar refractivity (Wildman–Crippen MR) is 74.7 cm³/mol. The second kappa shape index (κ2) is 10.8. The molecule has 0 radical (unpaired) electrons. The van der Waals surface area contributed by atoms with Crippen LogP contribution in [0.2, 0.25) is 0 Å². The van der Waals surface area contributed by atoms with Crippen molar-refractivity contribution >= 4 is 11.9 Å². The summed E-state index contributed by atoms with van der Waals surface area (Å²) in [5, 5.41) is 0. The summed E-state index contributed by atoms with van der Waals surface area (Å²) >= 11 is 0. The molecule has 0 saturated heterocycles. The van der Waals surface area contributed by atoms with Gasteiger partial charge in [0.25, 0.3) is 0 Å². The summed E-state index contributed by atoms with van der Waals surface area (Å²) in [6.07, 6.45) is 7.06. The third-order valence-corrected chi connectivity index (χ3v) is 3.57.